The minimum atomic E-state index is -0.395. The van der Waals surface area contributed by atoms with E-state index in [2.05, 4.69) is 35.2 Å². The Morgan fingerprint density at radius 1 is 1.30 bits per heavy atom. The Morgan fingerprint density at radius 2 is 2.10 bits per heavy atom. The molecule has 3 nitrogen and oxygen atoms in total. The molecule has 0 atom stereocenters. The second-order valence-electron chi connectivity index (χ2n) is 5.22. The van der Waals surface area contributed by atoms with Crippen molar-refractivity contribution in [1.29, 1.82) is 0 Å². The van der Waals surface area contributed by atoms with Crippen LogP contribution in [0, 0.1) is 11.7 Å². The average Bonchev–Trinajstić information content (AvgIpc) is 2.41. The molecule has 0 spiro atoms. The van der Waals surface area contributed by atoms with E-state index in [0.717, 1.165) is 12.0 Å². The summed E-state index contributed by atoms with van der Waals surface area (Å²) in [5, 5.41) is 3.00. The van der Waals surface area contributed by atoms with Crippen LogP contribution in [-0.2, 0) is 6.42 Å². The van der Waals surface area contributed by atoms with Gasteiger partial charge >= 0.3 is 0 Å². The predicted octanol–water partition coefficient (Wildman–Crippen LogP) is 3.91. The highest BCUT2D eigenvalue weighted by molar-refractivity contribution is 5.61. The topological polar surface area (TPSA) is 37.8 Å². The molecule has 1 aromatic carbocycles. The van der Waals surface area contributed by atoms with Crippen LogP contribution in [0.2, 0.25) is 0 Å². The van der Waals surface area contributed by atoms with Gasteiger partial charge in [-0.15, -0.1) is 0 Å². The molecule has 4 heteroatoms. The summed E-state index contributed by atoms with van der Waals surface area (Å²) >= 11 is 0. The SMILES string of the molecule is CCNc1ncc(F)c(-c2cccc(CC(C)C)c2)n1. The smallest absolute Gasteiger partial charge is 0.223 e. The van der Waals surface area contributed by atoms with Crippen molar-refractivity contribution in [3.05, 3.63) is 41.8 Å². The van der Waals surface area contributed by atoms with Crippen LogP contribution >= 0.6 is 0 Å². The van der Waals surface area contributed by atoms with Gasteiger partial charge < -0.3 is 5.32 Å². The van der Waals surface area contributed by atoms with E-state index in [4.69, 9.17) is 0 Å². The largest absolute Gasteiger partial charge is 0.354 e. The highest BCUT2D eigenvalue weighted by Gasteiger charge is 2.10. The molecule has 0 bridgehead atoms. The van der Waals surface area contributed by atoms with E-state index in [1.165, 1.54) is 11.8 Å². The Morgan fingerprint density at radius 3 is 2.80 bits per heavy atom. The number of rotatable bonds is 5. The molecule has 0 fully saturated rings. The van der Waals surface area contributed by atoms with Crippen LogP contribution in [0.15, 0.2) is 30.5 Å². The second kappa shape index (κ2) is 6.46. The molecule has 0 aliphatic carbocycles. The first-order valence-corrected chi connectivity index (χ1v) is 6.96. The van der Waals surface area contributed by atoms with E-state index in [9.17, 15) is 4.39 Å². The molecule has 106 valence electrons. The van der Waals surface area contributed by atoms with E-state index in [0.29, 0.717) is 24.1 Å². The van der Waals surface area contributed by atoms with Crippen LogP contribution in [0.3, 0.4) is 0 Å². The van der Waals surface area contributed by atoms with Crippen LogP contribution in [-0.4, -0.2) is 16.5 Å². The molecule has 20 heavy (non-hydrogen) atoms. The first-order chi connectivity index (χ1) is 9.60. The minimum Gasteiger partial charge on any atom is -0.354 e. The molecule has 1 aromatic heterocycles. The zero-order chi connectivity index (χ0) is 14.5. The molecule has 0 unspecified atom stereocenters. The van der Waals surface area contributed by atoms with Crippen LogP contribution in [0.5, 0.6) is 0 Å². The van der Waals surface area contributed by atoms with Crippen molar-refractivity contribution in [3.8, 4) is 11.3 Å². The van der Waals surface area contributed by atoms with Crippen molar-refractivity contribution >= 4 is 5.95 Å². The van der Waals surface area contributed by atoms with Gasteiger partial charge in [0.05, 0.1) is 6.20 Å². The number of anilines is 1. The molecular weight excluding hydrogens is 253 g/mol. The number of nitrogens with zero attached hydrogens (tertiary/aromatic N) is 2. The minimum absolute atomic E-state index is 0.349. The fourth-order valence-corrected chi connectivity index (χ4v) is 2.13. The van der Waals surface area contributed by atoms with Crippen molar-refractivity contribution in [2.45, 2.75) is 27.2 Å². The maximum Gasteiger partial charge on any atom is 0.223 e. The Bertz CT molecular complexity index is 582. The molecule has 1 heterocycles. The van der Waals surface area contributed by atoms with Crippen LogP contribution in [0.1, 0.15) is 26.3 Å². The average molecular weight is 273 g/mol. The molecule has 2 aromatic rings. The van der Waals surface area contributed by atoms with Crippen molar-refractivity contribution in [3.63, 3.8) is 0 Å². The fraction of sp³-hybridized carbons (Fsp3) is 0.375. The number of aromatic nitrogens is 2. The monoisotopic (exact) mass is 273 g/mol. The van der Waals surface area contributed by atoms with Gasteiger partial charge in [0, 0.05) is 12.1 Å². The lowest BCUT2D eigenvalue weighted by Crippen LogP contribution is -2.04. The van der Waals surface area contributed by atoms with Crippen molar-refractivity contribution in [2.24, 2.45) is 5.92 Å². The number of hydrogen-bond donors (Lipinski definition) is 1. The zero-order valence-electron chi connectivity index (χ0n) is 12.2. The molecule has 0 aliphatic rings. The molecule has 2 rings (SSSR count). The van der Waals surface area contributed by atoms with E-state index >= 15 is 0 Å². The first-order valence-electron chi connectivity index (χ1n) is 6.96. The van der Waals surface area contributed by atoms with Gasteiger partial charge in [-0.05, 0) is 30.9 Å². The van der Waals surface area contributed by atoms with Crippen molar-refractivity contribution in [2.75, 3.05) is 11.9 Å². The summed E-state index contributed by atoms with van der Waals surface area (Å²) in [6.45, 7) is 7.00. The molecule has 0 aliphatic heterocycles. The highest BCUT2D eigenvalue weighted by atomic mass is 19.1. The molecule has 0 amide bonds. The Balaban J connectivity index is 2.37. The third-order valence-corrected chi connectivity index (χ3v) is 2.92. The summed E-state index contributed by atoms with van der Waals surface area (Å²) in [4.78, 5) is 8.18. The lowest BCUT2D eigenvalue weighted by molar-refractivity contribution is 0.618. The maximum absolute atomic E-state index is 13.9. The Kier molecular flexibility index (Phi) is 4.66. The van der Waals surface area contributed by atoms with Crippen LogP contribution < -0.4 is 5.32 Å². The van der Waals surface area contributed by atoms with E-state index in [1.807, 2.05) is 25.1 Å². The number of nitrogens with one attached hydrogen (secondary N) is 1. The molecule has 0 saturated carbocycles. The zero-order valence-corrected chi connectivity index (χ0v) is 12.2. The van der Waals surface area contributed by atoms with Gasteiger partial charge in [0.1, 0.15) is 5.69 Å². The van der Waals surface area contributed by atoms with Gasteiger partial charge in [-0.3, -0.25) is 0 Å². The van der Waals surface area contributed by atoms with Gasteiger partial charge in [0.15, 0.2) is 5.82 Å². The third kappa shape index (κ3) is 3.53. The molecular formula is C16H20FN3. The van der Waals surface area contributed by atoms with E-state index in [1.54, 1.807) is 0 Å². The lowest BCUT2D eigenvalue weighted by Gasteiger charge is -2.09. The standard InChI is InChI=1S/C16H20FN3/c1-4-18-16-19-10-14(17)15(20-16)13-7-5-6-12(9-13)8-11(2)3/h5-7,9-11H,4,8H2,1-3H3,(H,18,19,20). The van der Waals surface area contributed by atoms with Crippen LogP contribution in [0.4, 0.5) is 10.3 Å². The highest BCUT2D eigenvalue weighted by Crippen LogP contribution is 2.23. The number of benzene rings is 1. The summed E-state index contributed by atoms with van der Waals surface area (Å²) in [6.07, 6.45) is 2.19. The summed E-state index contributed by atoms with van der Waals surface area (Å²) in [5.41, 5.74) is 2.34. The second-order valence-corrected chi connectivity index (χ2v) is 5.22. The van der Waals surface area contributed by atoms with Gasteiger partial charge in [0.2, 0.25) is 5.95 Å². The van der Waals surface area contributed by atoms with Crippen molar-refractivity contribution < 1.29 is 4.39 Å². The van der Waals surface area contributed by atoms with Crippen LogP contribution in [0.25, 0.3) is 11.3 Å². The Labute approximate surface area is 119 Å². The maximum atomic E-state index is 13.9. The van der Waals surface area contributed by atoms with Gasteiger partial charge in [-0.1, -0.05) is 32.0 Å². The van der Waals surface area contributed by atoms with Gasteiger partial charge in [0.25, 0.3) is 0 Å². The quantitative estimate of drug-likeness (QED) is 0.897. The van der Waals surface area contributed by atoms with Gasteiger partial charge in [-0.2, -0.15) is 0 Å². The molecule has 0 radical (unpaired) electrons. The summed E-state index contributed by atoms with van der Waals surface area (Å²) in [5.74, 6) is 0.629. The number of hydrogen-bond acceptors (Lipinski definition) is 3. The summed E-state index contributed by atoms with van der Waals surface area (Å²) in [7, 11) is 0. The predicted molar refractivity (Wildman–Crippen MR) is 80.1 cm³/mol. The van der Waals surface area contributed by atoms with Gasteiger partial charge in [-0.25, -0.2) is 14.4 Å². The summed E-state index contributed by atoms with van der Waals surface area (Å²) in [6, 6.07) is 7.89. The normalized spacial score (nSPS) is 10.8. The number of halogens is 1. The molecule has 1 N–H and O–H groups in total. The lowest BCUT2D eigenvalue weighted by atomic mass is 10.00. The van der Waals surface area contributed by atoms with Crippen molar-refractivity contribution in [1.82, 2.24) is 9.97 Å². The fourth-order valence-electron chi connectivity index (χ4n) is 2.13. The summed E-state index contributed by atoms with van der Waals surface area (Å²) < 4.78 is 13.9. The first kappa shape index (κ1) is 14.4. The third-order valence-electron chi connectivity index (χ3n) is 2.92. The Hall–Kier alpha value is -1.97. The van der Waals surface area contributed by atoms with E-state index in [-0.39, 0.29) is 0 Å². The van der Waals surface area contributed by atoms with E-state index < -0.39 is 5.82 Å². The molecule has 0 saturated heterocycles.